The first-order valence-corrected chi connectivity index (χ1v) is 7.14. The first kappa shape index (κ1) is 12.0. The van der Waals surface area contributed by atoms with E-state index in [4.69, 9.17) is 0 Å². The fraction of sp³-hybridized carbons (Fsp3) is 0. The van der Waals surface area contributed by atoms with Gasteiger partial charge in [0, 0.05) is 6.20 Å². The molecule has 0 amide bonds. The van der Waals surface area contributed by atoms with Crippen molar-refractivity contribution in [2.24, 2.45) is 0 Å². The lowest BCUT2D eigenvalue weighted by molar-refractivity contribution is 1.27. The lowest BCUT2D eigenvalue weighted by atomic mass is 10.1. The SMILES string of the molecule is C(=C\c1cc2ccccc2n2cccc12)/c1ccccc1. The number of fused-ring (bicyclic) bond motifs is 3. The second kappa shape index (κ2) is 4.95. The molecule has 21 heavy (non-hydrogen) atoms. The van der Waals surface area contributed by atoms with Crippen LogP contribution in [0.15, 0.2) is 79.0 Å². The molecule has 0 radical (unpaired) electrons. The highest BCUT2D eigenvalue weighted by molar-refractivity contribution is 5.90. The number of hydrogen-bond acceptors (Lipinski definition) is 0. The highest BCUT2D eigenvalue weighted by Gasteiger charge is 2.03. The Morgan fingerprint density at radius 1 is 0.667 bits per heavy atom. The summed E-state index contributed by atoms with van der Waals surface area (Å²) >= 11 is 0. The molecule has 0 aliphatic heterocycles. The van der Waals surface area contributed by atoms with Gasteiger partial charge in [-0.05, 0) is 40.8 Å². The van der Waals surface area contributed by atoms with Gasteiger partial charge in [0.2, 0.25) is 0 Å². The molecule has 4 aromatic rings. The molecule has 0 N–H and O–H groups in total. The van der Waals surface area contributed by atoms with Gasteiger partial charge < -0.3 is 4.40 Å². The van der Waals surface area contributed by atoms with Crippen molar-refractivity contribution in [2.75, 3.05) is 0 Å². The number of para-hydroxylation sites is 1. The van der Waals surface area contributed by atoms with Crippen LogP contribution < -0.4 is 0 Å². The van der Waals surface area contributed by atoms with Crippen molar-refractivity contribution < 1.29 is 0 Å². The molecule has 2 heterocycles. The molecule has 0 saturated heterocycles. The van der Waals surface area contributed by atoms with Crippen LogP contribution in [0.3, 0.4) is 0 Å². The maximum atomic E-state index is 2.25. The van der Waals surface area contributed by atoms with Crippen molar-refractivity contribution in [2.45, 2.75) is 0 Å². The topological polar surface area (TPSA) is 4.41 Å². The first-order chi connectivity index (χ1) is 10.4. The second-order valence-corrected chi connectivity index (χ2v) is 5.17. The summed E-state index contributed by atoms with van der Waals surface area (Å²) in [7, 11) is 0. The summed E-state index contributed by atoms with van der Waals surface area (Å²) in [5.41, 5.74) is 4.94. The standard InChI is InChI=1S/C20H15N/c1-2-7-16(8-3-1)12-13-18-15-17-9-4-5-10-19(17)21-14-6-11-20(18)21/h1-15H/b13-12+. The van der Waals surface area contributed by atoms with Crippen LogP contribution in [-0.2, 0) is 0 Å². The molecule has 0 fully saturated rings. The number of nitrogens with zero attached hydrogens (tertiary/aromatic N) is 1. The van der Waals surface area contributed by atoms with Gasteiger partial charge in [0.15, 0.2) is 0 Å². The fourth-order valence-electron chi connectivity index (χ4n) is 2.78. The molecule has 0 aliphatic carbocycles. The van der Waals surface area contributed by atoms with E-state index in [1.165, 1.54) is 27.5 Å². The number of benzene rings is 2. The van der Waals surface area contributed by atoms with Crippen LogP contribution in [0.4, 0.5) is 0 Å². The summed E-state index contributed by atoms with van der Waals surface area (Å²) in [6.07, 6.45) is 6.48. The van der Waals surface area contributed by atoms with E-state index in [2.05, 4.69) is 89.5 Å². The maximum absolute atomic E-state index is 2.25. The molecule has 0 spiro atoms. The predicted octanol–water partition coefficient (Wildman–Crippen LogP) is 5.26. The molecular weight excluding hydrogens is 254 g/mol. The number of aromatic nitrogens is 1. The molecule has 0 bridgehead atoms. The molecule has 1 heteroatoms. The second-order valence-electron chi connectivity index (χ2n) is 5.17. The van der Waals surface area contributed by atoms with Gasteiger partial charge in [-0.1, -0.05) is 60.7 Å². The Morgan fingerprint density at radius 2 is 1.43 bits per heavy atom. The molecule has 0 aliphatic rings. The van der Waals surface area contributed by atoms with Crippen LogP contribution in [0, 0.1) is 0 Å². The van der Waals surface area contributed by atoms with Crippen molar-refractivity contribution in [1.82, 2.24) is 4.40 Å². The third-order valence-electron chi connectivity index (χ3n) is 3.81. The van der Waals surface area contributed by atoms with Crippen molar-refractivity contribution >= 4 is 28.6 Å². The third-order valence-corrected chi connectivity index (χ3v) is 3.81. The molecule has 1 nitrogen and oxygen atoms in total. The average Bonchev–Trinajstić information content (AvgIpc) is 3.04. The third kappa shape index (κ3) is 2.13. The normalized spacial score (nSPS) is 11.6. The van der Waals surface area contributed by atoms with Crippen LogP contribution >= 0.6 is 0 Å². The van der Waals surface area contributed by atoms with E-state index in [1.807, 2.05) is 6.07 Å². The van der Waals surface area contributed by atoms with Crippen LogP contribution in [0.2, 0.25) is 0 Å². The van der Waals surface area contributed by atoms with E-state index >= 15 is 0 Å². The van der Waals surface area contributed by atoms with Crippen molar-refractivity contribution in [3.05, 3.63) is 90.1 Å². The lowest BCUT2D eigenvalue weighted by Crippen LogP contribution is -1.89. The quantitative estimate of drug-likeness (QED) is 0.467. The minimum Gasteiger partial charge on any atom is -0.316 e. The van der Waals surface area contributed by atoms with E-state index in [0.29, 0.717) is 0 Å². The van der Waals surface area contributed by atoms with Crippen molar-refractivity contribution in [1.29, 1.82) is 0 Å². The van der Waals surface area contributed by atoms with Gasteiger partial charge in [0.05, 0.1) is 11.0 Å². The van der Waals surface area contributed by atoms with Gasteiger partial charge in [-0.15, -0.1) is 0 Å². The van der Waals surface area contributed by atoms with Crippen LogP contribution in [0.5, 0.6) is 0 Å². The molecule has 0 unspecified atom stereocenters. The zero-order valence-corrected chi connectivity index (χ0v) is 11.6. The van der Waals surface area contributed by atoms with E-state index < -0.39 is 0 Å². The summed E-state index contributed by atoms with van der Waals surface area (Å²) in [6.45, 7) is 0. The first-order valence-electron chi connectivity index (χ1n) is 7.14. The zero-order chi connectivity index (χ0) is 14.1. The minimum atomic E-state index is 1.22. The van der Waals surface area contributed by atoms with E-state index in [-0.39, 0.29) is 0 Å². The van der Waals surface area contributed by atoms with Gasteiger partial charge in [-0.3, -0.25) is 0 Å². The zero-order valence-electron chi connectivity index (χ0n) is 11.6. The van der Waals surface area contributed by atoms with E-state index in [1.54, 1.807) is 0 Å². The largest absolute Gasteiger partial charge is 0.316 e. The monoisotopic (exact) mass is 269 g/mol. The Bertz CT molecular complexity index is 930. The minimum absolute atomic E-state index is 1.22. The Hall–Kier alpha value is -2.80. The van der Waals surface area contributed by atoms with Gasteiger partial charge in [-0.25, -0.2) is 0 Å². The molecule has 2 aromatic heterocycles. The molecule has 100 valence electrons. The Kier molecular flexibility index (Phi) is 2.82. The predicted molar refractivity (Wildman–Crippen MR) is 90.3 cm³/mol. The Morgan fingerprint density at radius 3 is 2.33 bits per heavy atom. The fourth-order valence-corrected chi connectivity index (χ4v) is 2.78. The molecule has 0 saturated carbocycles. The van der Waals surface area contributed by atoms with Gasteiger partial charge >= 0.3 is 0 Å². The average molecular weight is 269 g/mol. The summed E-state index contributed by atoms with van der Waals surface area (Å²) < 4.78 is 2.25. The molecule has 2 aromatic carbocycles. The Balaban J connectivity index is 1.91. The van der Waals surface area contributed by atoms with Gasteiger partial charge in [0.1, 0.15) is 0 Å². The van der Waals surface area contributed by atoms with Crippen LogP contribution in [-0.4, -0.2) is 4.40 Å². The summed E-state index contributed by atoms with van der Waals surface area (Å²) in [5.74, 6) is 0. The summed E-state index contributed by atoms with van der Waals surface area (Å²) in [5, 5.41) is 1.26. The van der Waals surface area contributed by atoms with E-state index in [0.717, 1.165) is 0 Å². The van der Waals surface area contributed by atoms with E-state index in [9.17, 15) is 0 Å². The van der Waals surface area contributed by atoms with Crippen molar-refractivity contribution in [3.8, 4) is 0 Å². The summed E-state index contributed by atoms with van der Waals surface area (Å²) in [4.78, 5) is 0. The van der Waals surface area contributed by atoms with Crippen LogP contribution in [0.1, 0.15) is 11.1 Å². The molecular formula is C20H15N. The smallest absolute Gasteiger partial charge is 0.0528 e. The van der Waals surface area contributed by atoms with Gasteiger partial charge in [0.25, 0.3) is 0 Å². The Labute approximate surface area is 123 Å². The lowest BCUT2D eigenvalue weighted by Gasteiger charge is -2.06. The number of hydrogen-bond donors (Lipinski definition) is 0. The summed E-state index contributed by atoms with van der Waals surface area (Å²) in [6, 6.07) is 25.4. The maximum Gasteiger partial charge on any atom is 0.0528 e. The molecule has 0 atom stereocenters. The highest BCUT2D eigenvalue weighted by Crippen LogP contribution is 2.23. The number of pyridine rings is 1. The van der Waals surface area contributed by atoms with Crippen molar-refractivity contribution in [3.63, 3.8) is 0 Å². The number of rotatable bonds is 2. The highest BCUT2D eigenvalue weighted by atomic mass is 14.9. The molecule has 4 rings (SSSR count). The van der Waals surface area contributed by atoms with Crippen LogP contribution in [0.25, 0.3) is 28.6 Å². The van der Waals surface area contributed by atoms with Gasteiger partial charge in [-0.2, -0.15) is 0 Å².